The first-order valence-electron chi connectivity index (χ1n) is 5.87. The van der Waals surface area contributed by atoms with Crippen LogP contribution in [0.25, 0.3) is 0 Å². The molecule has 0 bridgehead atoms. The molecule has 0 aliphatic heterocycles. The summed E-state index contributed by atoms with van der Waals surface area (Å²) in [5.74, 6) is -0.287. The van der Waals surface area contributed by atoms with Crippen LogP contribution in [0, 0.1) is 0 Å². The monoisotopic (exact) mass is 241 g/mol. The van der Waals surface area contributed by atoms with Gasteiger partial charge in [0.25, 0.3) is 0 Å². The van der Waals surface area contributed by atoms with Gasteiger partial charge in [0.05, 0.1) is 5.56 Å². The number of anilines is 1. The lowest BCUT2D eigenvalue weighted by Crippen LogP contribution is -2.13. The van der Waals surface area contributed by atoms with Crippen molar-refractivity contribution in [3.63, 3.8) is 0 Å². The molecule has 0 amide bonds. The van der Waals surface area contributed by atoms with Gasteiger partial charge in [0.1, 0.15) is 6.61 Å². The molecule has 0 spiro atoms. The molecule has 0 atom stereocenters. The van der Waals surface area contributed by atoms with E-state index in [0.29, 0.717) is 18.7 Å². The predicted octanol–water partition coefficient (Wildman–Crippen LogP) is 2.96. The van der Waals surface area contributed by atoms with Crippen LogP contribution in [0.2, 0.25) is 0 Å². The fourth-order valence-corrected chi connectivity index (χ4v) is 1.55. The molecule has 0 fully saturated rings. The fourth-order valence-electron chi connectivity index (χ4n) is 1.55. The lowest BCUT2D eigenvalue weighted by Gasteiger charge is -2.07. The van der Waals surface area contributed by atoms with Crippen LogP contribution in [0.1, 0.15) is 10.4 Å². The van der Waals surface area contributed by atoms with E-state index in [-0.39, 0.29) is 5.97 Å². The third kappa shape index (κ3) is 3.63. The Morgan fingerprint density at radius 3 is 2.22 bits per heavy atom. The Morgan fingerprint density at radius 2 is 1.56 bits per heavy atom. The van der Waals surface area contributed by atoms with Crippen molar-refractivity contribution in [1.29, 1.82) is 0 Å². The summed E-state index contributed by atoms with van der Waals surface area (Å²) in [6, 6.07) is 18.8. The molecular weight excluding hydrogens is 226 g/mol. The second-order valence-electron chi connectivity index (χ2n) is 3.79. The average molecular weight is 241 g/mol. The molecule has 0 aliphatic rings. The van der Waals surface area contributed by atoms with Crippen molar-refractivity contribution in [1.82, 2.24) is 0 Å². The standard InChI is InChI=1S/C15H15NO2/c17-15(13-7-3-1-4-8-13)18-12-11-16-14-9-5-2-6-10-14/h1-10,16H,11-12H2. The maximum atomic E-state index is 11.6. The Kier molecular flexibility index (Phi) is 4.36. The lowest BCUT2D eigenvalue weighted by molar-refractivity contribution is 0.0520. The van der Waals surface area contributed by atoms with Crippen LogP contribution in [-0.4, -0.2) is 19.1 Å². The van der Waals surface area contributed by atoms with Crippen molar-refractivity contribution < 1.29 is 9.53 Å². The molecule has 0 saturated heterocycles. The highest BCUT2D eigenvalue weighted by atomic mass is 16.5. The first-order chi connectivity index (χ1) is 8.86. The van der Waals surface area contributed by atoms with E-state index in [1.807, 2.05) is 48.5 Å². The topological polar surface area (TPSA) is 38.3 Å². The molecule has 0 aromatic heterocycles. The fraction of sp³-hybridized carbons (Fsp3) is 0.133. The molecule has 18 heavy (non-hydrogen) atoms. The summed E-state index contributed by atoms with van der Waals surface area (Å²) in [4.78, 5) is 11.6. The van der Waals surface area contributed by atoms with E-state index in [0.717, 1.165) is 5.69 Å². The smallest absolute Gasteiger partial charge is 0.338 e. The van der Waals surface area contributed by atoms with E-state index in [2.05, 4.69) is 5.32 Å². The molecular formula is C15H15NO2. The summed E-state index contributed by atoms with van der Waals surface area (Å²) in [5, 5.41) is 3.17. The van der Waals surface area contributed by atoms with Gasteiger partial charge in [-0.1, -0.05) is 36.4 Å². The van der Waals surface area contributed by atoms with Crippen molar-refractivity contribution in [2.75, 3.05) is 18.5 Å². The number of carbonyl (C=O) groups excluding carboxylic acids is 1. The minimum absolute atomic E-state index is 0.287. The van der Waals surface area contributed by atoms with Gasteiger partial charge in [-0.3, -0.25) is 0 Å². The van der Waals surface area contributed by atoms with Gasteiger partial charge in [0, 0.05) is 12.2 Å². The maximum Gasteiger partial charge on any atom is 0.338 e. The summed E-state index contributed by atoms with van der Waals surface area (Å²) in [5.41, 5.74) is 1.60. The first kappa shape index (κ1) is 12.2. The summed E-state index contributed by atoms with van der Waals surface area (Å²) < 4.78 is 5.15. The number of hydrogen-bond acceptors (Lipinski definition) is 3. The van der Waals surface area contributed by atoms with Crippen molar-refractivity contribution in [2.45, 2.75) is 0 Å². The third-order valence-electron chi connectivity index (χ3n) is 2.45. The maximum absolute atomic E-state index is 11.6. The largest absolute Gasteiger partial charge is 0.460 e. The quantitative estimate of drug-likeness (QED) is 0.646. The van der Waals surface area contributed by atoms with Crippen LogP contribution < -0.4 is 5.32 Å². The van der Waals surface area contributed by atoms with Gasteiger partial charge in [-0.2, -0.15) is 0 Å². The Balaban J connectivity index is 1.72. The Hall–Kier alpha value is -2.29. The zero-order valence-electron chi connectivity index (χ0n) is 10.0. The molecule has 0 aliphatic carbocycles. The van der Waals surface area contributed by atoms with Crippen molar-refractivity contribution in [2.24, 2.45) is 0 Å². The molecule has 1 N–H and O–H groups in total. The van der Waals surface area contributed by atoms with Crippen LogP contribution in [-0.2, 0) is 4.74 Å². The zero-order valence-corrected chi connectivity index (χ0v) is 10.0. The SMILES string of the molecule is O=C(OCCNc1ccccc1)c1ccccc1. The number of ether oxygens (including phenoxy) is 1. The number of benzene rings is 2. The number of hydrogen-bond donors (Lipinski definition) is 1. The van der Waals surface area contributed by atoms with Crippen LogP contribution >= 0.6 is 0 Å². The van der Waals surface area contributed by atoms with Gasteiger partial charge in [0.2, 0.25) is 0 Å². The normalized spacial score (nSPS) is 9.78. The number of esters is 1. The molecule has 0 unspecified atom stereocenters. The molecule has 0 heterocycles. The Labute approximate surface area is 106 Å². The summed E-state index contributed by atoms with van der Waals surface area (Å²) >= 11 is 0. The van der Waals surface area contributed by atoms with E-state index in [1.54, 1.807) is 12.1 Å². The van der Waals surface area contributed by atoms with Crippen molar-refractivity contribution in [3.8, 4) is 0 Å². The highest BCUT2D eigenvalue weighted by molar-refractivity contribution is 5.89. The van der Waals surface area contributed by atoms with Gasteiger partial charge in [0.15, 0.2) is 0 Å². The van der Waals surface area contributed by atoms with E-state index < -0.39 is 0 Å². The van der Waals surface area contributed by atoms with E-state index >= 15 is 0 Å². The van der Waals surface area contributed by atoms with E-state index in [4.69, 9.17) is 4.74 Å². The van der Waals surface area contributed by atoms with E-state index in [1.165, 1.54) is 0 Å². The molecule has 2 rings (SSSR count). The number of rotatable bonds is 5. The second-order valence-corrected chi connectivity index (χ2v) is 3.79. The first-order valence-corrected chi connectivity index (χ1v) is 5.87. The van der Waals surface area contributed by atoms with Gasteiger partial charge < -0.3 is 10.1 Å². The molecule has 3 heteroatoms. The molecule has 92 valence electrons. The van der Waals surface area contributed by atoms with Crippen LogP contribution in [0.15, 0.2) is 60.7 Å². The number of nitrogens with one attached hydrogen (secondary N) is 1. The molecule has 2 aromatic carbocycles. The van der Waals surface area contributed by atoms with Gasteiger partial charge >= 0.3 is 5.97 Å². The average Bonchev–Trinajstić information content (AvgIpc) is 2.45. The highest BCUT2D eigenvalue weighted by Gasteiger charge is 2.04. The lowest BCUT2D eigenvalue weighted by atomic mass is 10.2. The summed E-state index contributed by atoms with van der Waals surface area (Å²) in [6.45, 7) is 0.950. The third-order valence-corrected chi connectivity index (χ3v) is 2.45. The molecule has 2 aromatic rings. The van der Waals surface area contributed by atoms with Gasteiger partial charge in [-0.05, 0) is 24.3 Å². The Morgan fingerprint density at radius 1 is 0.944 bits per heavy atom. The second kappa shape index (κ2) is 6.45. The van der Waals surface area contributed by atoms with E-state index in [9.17, 15) is 4.79 Å². The van der Waals surface area contributed by atoms with Crippen molar-refractivity contribution in [3.05, 3.63) is 66.2 Å². The van der Waals surface area contributed by atoms with Crippen molar-refractivity contribution >= 4 is 11.7 Å². The molecule has 0 radical (unpaired) electrons. The van der Waals surface area contributed by atoms with Gasteiger partial charge in [-0.25, -0.2) is 4.79 Å². The van der Waals surface area contributed by atoms with Crippen LogP contribution in [0.3, 0.4) is 0 Å². The Bertz CT molecular complexity index is 482. The highest BCUT2D eigenvalue weighted by Crippen LogP contribution is 2.04. The van der Waals surface area contributed by atoms with Crippen LogP contribution in [0.4, 0.5) is 5.69 Å². The molecule has 3 nitrogen and oxygen atoms in total. The summed E-state index contributed by atoms with van der Waals surface area (Å²) in [6.07, 6.45) is 0. The number of para-hydroxylation sites is 1. The number of carbonyl (C=O) groups is 1. The minimum atomic E-state index is -0.287. The zero-order chi connectivity index (χ0) is 12.6. The summed E-state index contributed by atoms with van der Waals surface area (Å²) in [7, 11) is 0. The van der Waals surface area contributed by atoms with Crippen LogP contribution in [0.5, 0.6) is 0 Å². The molecule has 0 saturated carbocycles. The predicted molar refractivity (Wildman–Crippen MR) is 71.7 cm³/mol. The van der Waals surface area contributed by atoms with Gasteiger partial charge in [-0.15, -0.1) is 0 Å². The minimum Gasteiger partial charge on any atom is -0.460 e.